The summed E-state index contributed by atoms with van der Waals surface area (Å²) in [4.78, 5) is 23.4. The van der Waals surface area contributed by atoms with E-state index in [-0.39, 0.29) is 18.0 Å². The Hall–Kier alpha value is -2.09. The molecule has 1 aromatic rings. The van der Waals surface area contributed by atoms with Gasteiger partial charge in [0, 0.05) is 38.3 Å². The fraction of sp³-hybridized carbons (Fsp3) is 0.737. The Labute approximate surface area is 159 Å². The van der Waals surface area contributed by atoms with Crippen molar-refractivity contribution < 1.29 is 14.1 Å². The molecule has 0 radical (unpaired) electrons. The maximum absolute atomic E-state index is 12.6. The number of amides is 1. The quantitative estimate of drug-likeness (QED) is 0.786. The zero-order valence-corrected chi connectivity index (χ0v) is 16.3. The summed E-state index contributed by atoms with van der Waals surface area (Å²) in [6.07, 6.45) is 3.02. The number of aromatic nitrogens is 2. The molecule has 0 spiro atoms. The van der Waals surface area contributed by atoms with Crippen LogP contribution < -0.4 is 4.90 Å². The van der Waals surface area contributed by atoms with Crippen molar-refractivity contribution in [3.05, 3.63) is 17.8 Å². The molecule has 2 bridgehead atoms. The fourth-order valence-electron chi connectivity index (χ4n) is 4.89. The SMILES string of the molecule is Cc1noc(N2C=C3OCC2CC3N2C[C@@H]3C(C(=O)N(C)C(C)C)[C@@H]3C2)n1. The highest BCUT2D eigenvalue weighted by atomic mass is 16.5. The lowest BCUT2D eigenvalue weighted by Crippen LogP contribution is -2.53. The molecule has 8 heteroatoms. The molecule has 3 unspecified atom stereocenters. The molecule has 4 aliphatic heterocycles. The van der Waals surface area contributed by atoms with Gasteiger partial charge in [0.05, 0.1) is 12.1 Å². The number of carbonyl (C=O) groups excluding carboxylic acids is 1. The van der Waals surface area contributed by atoms with Gasteiger partial charge in [0.1, 0.15) is 12.4 Å². The first kappa shape index (κ1) is 17.0. The molecule has 27 heavy (non-hydrogen) atoms. The number of nitrogens with zero attached hydrogens (tertiary/aromatic N) is 5. The molecule has 1 aliphatic carbocycles. The minimum absolute atomic E-state index is 0.216. The van der Waals surface area contributed by atoms with Crippen molar-refractivity contribution in [2.45, 2.75) is 45.3 Å². The van der Waals surface area contributed by atoms with Gasteiger partial charge in [-0.1, -0.05) is 5.16 Å². The van der Waals surface area contributed by atoms with Crippen LogP contribution >= 0.6 is 0 Å². The molecule has 5 aliphatic rings. The van der Waals surface area contributed by atoms with Crippen molar-refractivity contribution in [1.82, 2.24) is 19.9 Å². The van der Waals surface area contributed by atoms with Crippen LogP contribution in [0.15, 0.2) is 16.5 Å². The van der Waals surface area contributed by atoms with E-state index in [1.54, 1.807) is 0 Å². The Kier molecular flexibility index (Phi) is 3.76. The van der Waals surface area contributed by atoms with Crippen LogP contribution in [0.4, 0.5) is 6.01 Å². The third kappa shape index (κ3) is 2.64. The molecule has 3 fully saturated rings. The summed E-state index contributed by atoms with van der Waals surface area (Å²) < 4.78 is 11.3. The zero-order valence-electron chi connectivity index (χ0n) is 16.3. The Balaban J connectivity index is 1.25. The van der Waals surface area contributed by atoms with E-state index in [1.165, 1.54) is 0 Å². The van der Waals surface area contributed by atoms with Gasteiger partial charge in [0.25, 0.3) is 0 Å². The van der Waals surface area contributed by atoms with Crippen molar-refractivity contribution in [2.24, 2.45) is 17.8 Å². The minimum atomic E-state index is 0.216. The van der Waals surface area contributed by atoms with Gasteiger partial charge in [-0.3, -0.25) is 14.6 Å². The number of piperidine rings is 1. The number of rotatable bonds is 4. The van der Waals surface area contributed by atoms with Gasteiger partial charge in [0.2, 0.25) is 5.91 Å². The molecule has 6 rings (SSSR count). The third-order valence-electron chi connectivity index (χ3n) is 6.73. The van der Waals surface area contributed by atoms with Gasteiger partial charge in [0.15, 0.2) is 5.82 Å². The average Bonchev–Trinajstić information content (AvgIpc) is 2.99. The van der Waals surface area contributed by atoms with Crippen LogP contribution in [-0.2, 0) is 9.53 Å². The first-order valence-corrected chi connectivity index (χ1v) is 9.88. The highest BCUT2D eigenvalue weighted by Gasteiger charge is 2.61. The van der Waals surface area contributed by atoms with Gasteiger partial charge in [-0.05, 0) is 39.0 Å². The maximum atomic E-state index is 12.6. The molecular weight excluding hydrogens is 346 g/mol. The van der Waals surface area contributed by atoms with E-state index in [2.05, 4.69) is 33.8 Å². The number of fused-ring (bicyclic) bond motifs is 4. The van der Waals surface area contributed by atoms with Crippen LogP contribution in [0.3, 0.4) is 0 Å². The molecule has 146 valence electrons. The number of ether oxygens (including phenoxy) is 1. The van der Waals surface area contributed by atoms with Crippen molar-refractivity contribution in [3.63, 3.8) is 0 Å². The lowest BCUT2D eigenvalue weighted by atomic mass is 9.96. The van der Waals surface area contributed by atoms with E-state index in [0.29, 0.717) is 42.2 Å². The molecule has 1 saturated carbocycles. The molecule has 1 aromatic heterocycles. The lowest BCUT2D eigenvalue weighted by Gasteiger charge is -2.45. The van der Waals surface area contributed by atoms with Crippen LogP contribution in [-0.4, -0.2) is 70.7 Å². The number of aryl methyl sites for hydroxylation is 1. The van der Waals surface area contributed by atoms with Crippen LogP contribution in [0.1, 0.15) is 26.1 Å². The second-order valence-electron chi connectivity index (χ2n) is 8.63. The zero-order chi connectivity index (χ0) is 18.9. The molecule has 2 saturated heterocycles. The largest absolute Gasteiger partial charge is 0.493 e. The maximum Gasteiger partial charge on any atom is 0.328 e. The molecule has 5 heterocycles. The molecule has 5 atom stereocenters. The predicted molar refractivity (Wildman–Crippen MR) is 97.7 cm³/mol. The fourth-order valence-corrected chi connectivity index (χ4v) is 4.89. The van der Waals surface area contributed by atoms with Gasteiger partial charge in [-0.2, -0.15) is 4.98 Å². The Bertz CT molecular complexity index is 778. The minimum Gasteiger partial charge on any atom is -0.493 e. The first-order valence-electron chi connectivity index (χ1n) is 9.88. The Morgan fingerprint density at radius 3 is 2.63 bits per heavy atom. The summed E-state index contributed by atoms with van der Waals surface area (Å²) >= 11 is 0. The van der Waals surface area contributed by atoms with Crippen molar-refractivity contribution >= 4 is 11.9 Å². The summed E-state index contributed by atoms with van der Waals surface area (Å²) in [5.41, 5.74) is 0. The summed E-state index contributed by atoms with van der Waals surface area (Å²) in [7, 11) is 1.92. The Morgan fingerprint density at radius 2 is 2.07 bits per heavy atom. The van der Waals surface area contributed by atoms with Crippen molar-refractivity contribution in [2.75, 3.05) is 31.6 Å². The summed E-state index contributed by atoms with van der Waals surface area (Å²) in [5, 5.41) is 3.89. The average molecular weight is 373 g/mol. The number of likely N-dealkylation sites (tertiary alicyclic amines) is 1. The van der Waals surface area contributed by atoms with E-state index in [0.717, 1.165) is 25.3 Å². The van der Waals surface area contributed by atoms with Crippen LogP contribution in [0.5, 0.6) is 0 Å². The van der Waals surface area contributed by atoms with Gasteiger partial charge in [-0.25, -0.2) is 0 Å². The van der Waals surface area contributed by atoms with Crippen LogP contribution in [0.2, 0.25) is 0 Å². The summed E-state index contributed by atoms with van der Waals surface area (Å²) in [6.45, 7) is 8.61. The molecule has 8 nitrogen and oxygen atoms in total. The monoisotopic (exact) mass is 373 g/mol. The second kappa shape index (κ2) is 5.95. The van der Waals surface area contributed by atoms with E-state index >= 15 is 0 Å². The van der Waals surface area contributed by atoms with Gasteiger partial charge in [-0.15, -0.1) is 0 Å². The summed E-state index contributed by atoms with van der Waals surface area (Å²) in [6, 6.07) is 1.33. The number of carbonyl (C=O) groups is 1. The number of hydrogen-bond acceptors (Lipinski definition) is 7. The smallest absolute Gasteiger partial charge is 0.328 e. The van der Waals surface area contributed by atoms with Crippen molar-refractivity contribution in [1.29, 1.82) is 0 Å². The Morgan fingerprint density at radius 1 is 1.33 bits per heavy atom. The number of hydrogen-bond donors (Lipinski definition) is 0. The molecule has 1 amide bonds. The molecular formula is C19H27N5O3. The van der Waals surface area contributed by atoms with E-state index in [9.17, 15) is 4.79 Å². The molecule has 0 N–H and O–H groups in total. The molecule has 0 aromatic carbocycles. The second-order valence-corrected chi connectivity index (χ2v) is 8.63. The van der Waals surface area contributed by atoms with Crippen LogP contribution in [0.25, 0.3) is 0 Å². The predicted octanol–water partition coefficient (Wildman–Crippen LogP) is 1.24. The van der Waals surface area contributed by atoms with Gasteiger partial charge < -0.3 is 14.2 Å². The third-order valence-corrected chi connectivity index (χ3v) is 6.73. The van der Waals surface area contributed by atoms with Crippen LogP contribution in [0, 0.1) is 24.7 Å². The highest BCUT2D eigenvalue weighted by molar-refractivity contribution is 5.82. The first-order chi connectivity index (χ1) is 12.9. The normalized spacial score (nSPS) is 34.5. The summed E-state index contributed by atoms with van der Waals surface area (Å²) in [5.74, 6) is 3.19. The highest BCUT2D eigenvalue weighted by Crippen LogP contribution is 2.54. The van der Waals surface area contributed by atoms with Gasteiger partial charge >= 0.3 is 6.01 Å². The lowest BCUT2D eigenvalue weighted by molar-refractivity contribution is -0.133. The number of anilines is 1. The topological polar surface area (TPSA) is 74.9 Å². The standard InChI is InChI=1S/C19H27N5O3/c1-10(2)22(4)18(25)17-13-6-23(7-14(13)17)15-5-12-9-26-16(15)8-24(12)19-20-11(3)21-27-19/h8,10,12-15,17H,5-7,9H2,1-4H3/t12?,13-,14+,15?,17?. The van der Waals surface area contributed by atoms with E-state index < -0.39 is 0 Å². The van der Waals surface area contributed by atoms with E-state index in [1.807, 2.05) is 25.1 Å². The van der Waals surface area contributed by atoms with E-state index in [4.69, 9.17) is 9.26 Å². The van der Waals surface area contributed by atoms with Crippen molar-refractivity contribution in [3.8, 4) is 0 Å².